The van der Waals surface area contributed by atoms with Gasteiger partial charge in [0.25, 0.3) is 5.91 Å². The van der Waals surface area contributed by atoms with Crippen LogP contribution in [0, 0.1) is 0 Å². The number of nitrogens with one attached hydrogen (secondary N) is 1. The molecule has 2 N–H and O–H groups in total. The molecule has 0 radical (unpaired) electrons. The van der Waals surface area contributed by atoms with Gasteiger partial charge in [-0.3, -0.25) is 4.79 Å². The fourth-order valence-electron chi connectivity index (χ4n) is 4.02. The Labute approximate surface area is 221 Å². The van der Waals surface area contributed by atoms with Crippen LogP contribution in [0.25, 0.3) is 11.3 Å². The molecular formula is C30H31N3O3S. The summed E-state index contributed by atoms with van der Waals surface area (Å²) in [5.74, 6) is -1.45. The molecule has 7 heteroatoms. The first kappa shape index (κ1) is 26.1. The van der Waals surface area contributed by atoms with Crippen LogP contribution in [0.4, 0.5) is 5.13 Å². The number of nitrogens with zero attached hydrogens (tertiary/aromatic N) is 2. The van der Waals surface area contributed by atoms with E-state index in [2.05, 4.69) is 34.7 Å². The van der Waals surface area contributed by atoms with Crippen molar-refractivity contribution in [1.82, 2.24) is 10.3 Å². The molecule has 1 amide bonds. The highest BCUT2D eigenvalue weighted by Gasteiger charge is 2.21. The van der Waals surface area contributed by atoms with Crippen LogP contribution in [0.2, 0.25) is 0 Å². The van der Waals surface area contributed by atoms with Gasteiger partial charge in [0.2, 0.25) is 0 Å². The SMILES string of the molecule is CCCCN(Cc1ccc(C(=O)NC(Cc2ccccc2)C(=O)O)cc1)c1nc(-c2ccccc2)cs1. The average molecular weight is 514 g/mol. The molecule has 1 heterocycles. The van der Waals surface area contributed by atoms with Crippen molar-refractivity contribution in [1.29, 1.82) is 0 Å². The van der Waals surface area contributed by atoms with E-state index >= 15 is 0 Å². The van der Waals surface area contributed by atoms with Crippen LogP contribution in [0.1, 0.15) is 41.3 Å². The number of thiazole rings is 1. The average Bonchev–Trinajstić information content (AvgIpc) is 3.42. The maximum absolute atomic E-state index is 12.8. The zero-order valence-electron chi connectivity index (χ0n) is 20.8. The van der Waals surface area contributed by atoms with E-state index in [4.69, 9.17) is 4.98 Å². The van der Waals surface area contributed by atoms with E-state index in [0.717, 1.165) is 46.9 Å². The predicted octanol–water partition coefficient (Wildman–Crippen LogP) is 6.04. The third-order valence-corrected chi connectivity index (χ3v) is 6.99. The first-order valence-corrected chi connectivity index (χ1v) is 13.3. The molecule has 0 saturated carbocycles. The van der Waals surface area contributed by atoms with E-state index < -0.39 is 17.9 Å². The molecule has 1 atom stereocenters. The molecule has 6 nitrogen and oxygen atoms in total. The smallest absolute Gasteiger partial charge is 0.326 e. The number of unbranched alkanes of at least 4 members (excludes halogenated alkanes) is 1. The number of amides is 1. The van der Waals surface area contributed by atoms with Gasteiger partial charge in [-0.25, -0.2) is 9.78 Å². The molecule has 0 aliphatic carbocycles. The number of carboxylic acid groups (broad SMARTS) is 1. The van der Waals surface area contributed by atoms with Crippen molar-refractivity contribution in [3.8, 4) is 11.3 Å². The van der Waals surface area contributed by atoms with Gasteiger partial charge in [0.1, 0.15) is 6.04 Å². The van der Waals surface area contributed by atoms with Crippen LogP contribution in [0.5, 0.6) is 0 Å². The first-order valence-electron chi connectivity index (χ1n) is 12.5. The highest BCUT2D eigenvalue weighted by molar-refractivity contribution is 7.14. The Bertz CT molecular complexity index is 1290. The summed E-state index contributed by atoms with van der Waals surface area (Å²) in [7, 11) is 0. The Morgan fingerprint density at radius 1 is 0.946 bits per heavy atom. The summed E-state index contributed by atoms with van der Waals surface area (Å²) < 4.78 is 0. The predicted molar refractivity (Wildman–Crippen MR) is 149 cm³/mol. The van der Waals surface area contributed by atoms with Crippen molar-refractivity contribution in [3.63, 3.8) is 0 Å². The van der Waals surface area contributed by atoms with Crippen LogP contribution in [-0.4, -0.2) is 34.6 Å². The second-order valence-corrected chi connectivity index (χ2v) is 9.74. The van der Waals surface area contributed by atoms with Crippen LogP contribution >= 0.6 is 11.3 Å². The molecule has 37 heavy (non-hydrogen) atoms. The second-order valence-electron chi connectivity index (χ2n) is 8.91. The molecule has 0 spiro atoms. The van der Waals surface area contributed by atoms with Crippen molar-refractivity contribution in [2.45, 2.75) is 38.8 Å². The molecular weight excluding hydrogens is 482 g/mol. The van der Waals surface area contributed by atoms with Crippen molar-refractivity contribution < 1.29 is 14.7 Å². The van der Waals surface area contributed by atoms with Crippen molar-refractivity contribution >= 4 is 28.3 Å². The summed E-state index contributed by atoms with van der Waals surface area (Å²) in [6.07, 6.45) is 2.37. The largest absolute Gasteiger partial charge is 0.480 e. The standard InChI is InChI=1S/C30H31N3O3S/c1-2-3-18-33(30-32-27(21-37-30)24-12-8-5-9-13-24)20-23-14-16-25(17-15-23)28(34)31-26(29(35)36)19-22-10-6-4-7-11-22/h4-17,21,26H,2-3,18-20H2,1H3,(H,31,34)(H,35,36). The number of rotatable bonds is 12. The maximum atomic E-state index is 12.8. The Balaban J connectivity index is 1.43. The van der Waals surface area contributed by atoms with Gasteiger partial charge >= 0.3 is 5.97 Å². The fourth-order valence-corrected chi connectivity index (χ4v) is 4.88. The molecule has 0 fully saturated rings. The van der Waals surface area contributed by atoms with Gasteiger partial charge < -0.3 is 15.3 Å². The summed E-state index contributed by atoms with van der Waals surface area (Å²) in [6.45, 7) is 3.74. The van der Waals surface area contributed by atoms with E-state index in [1.54, 1.807) is 23.5 Å². The molecule has 0 bridgehead atoms. The minimum absolute atomic E-state index is 0.227. The van der Waals surface area contributed by atoms with Gasteiger partial charge in [0, 0.05) is 36.0 Å². The fraction of sp³-hybridized carbons (Fsp3) is 0.233. The van der Waals surface area contributed by atoms with E-state index in [9.17, 15) is 14.7 Å². The lowest BCUT2D eigenvalue weighted by Gasteiger charge is -2.22. The molecule has 0 aliphatic rings. The van der Waals surface area contributed by atoms with Crippen molar-refractivity contribution in [3.05, 3.63) is 107 Å². The summed E-state index contributed by atoms with van der Waals surface area (Å²) in [4.78, 5) is 31.7. The van der Waals surface area contributed by atoms with Gasteiger partial charge in [-0.05, 0) is 29.7 Å². The van der Waals surface area contributed by atoms with Crippen LogP contribution in [-0.2, 0) is 17.8 Å². The normalized spacial score (nSPS) is 11.6. The lowest BCUT2D eigenvalue weighted by molar-refractivity contribution is -0.139. The molecule has 0 aliphatic heterocycles. The summed E-state index contributed by atoms with van der Waals surface area (Å²) in [6, 6.07) is 25.8. The zero-order valence-corrected chi connectivity index (χ0v) is 21.7. The lowest BCUT2D eigenvalue weighted by Crippen LogP contribution is -2.42. The van der Waals surface area contributed by atoms with Crippen LogP contribution < -0.4 is 10.2 Å². The van der Waals surface area contributed by atoms with E-state index in [1.165, 1.54) is 0 Å². The molecule has 190 valence electrons. The third kappa shape index (κ3) is 7.27. The number of benzene rings is 3. The van der Waals surface area contributed by atoms with Crippen LogP contribution in [0.3, 0.4) is 0 Å². The lowest BCUT2D eigenvalue weighted by atomic mass is 10.1. The minimum atomic E-state index is -1.06. The number of aliphatic carboxylic acids is 1. The first-order chi connectivity index (χ1) is 18.0. The number of anilines is 1. The van der Waals surface area contributed by atoms with E-state index in [-0.39, 0.29) is 6.42 Å². The highest BCUT2D eigenvalue weighted by Crippen LogP contribution is 2.28. The minimum Gasteiger partial charge on any atom is -0.480 e. The third-order valence-electron chi connectivity index (χ3n) is 6.09. The molecule has 4 rings (SSSR count). The molecule has 4 aromatic rings. The number of hydrogen-bond donors (Lipinski definition) is 2. The van der Waals surface area contributed by atoms with E-state index in [1.807, 2.05) is 60.7 Å². The highest BCUT2D eigenvalue weighted by atomic mass is 32.1. The van der Waals surface area contributed by atoms with Gasteiger partial charge in [0.15, 0.2) is 5.13 Å². The Kier molecular flexibility index (Phi) is 9.05. The van der Waals surface area contributed by atoms with E-state index in [0.29, 0.717) is 12.1 Å². The Morgan fingerprint density at radius 2 is 1.62 bits per heavy atom. The monoisotopic (exact) mass is 513 g/mol. The van der Waals surface area contributed by atoms with Crippen molar-refractivity contribution in [2.24, 2.45) is 0 Å². The molecule has 3 aromatic carbocycles. The summed E-state index contributed by atoms with van der Waals surface area (Å²) >= 11 is 1.64. The second kappa shape index (κ2) is 12.8. The number of carbonyl (C=O) groups is 2. The number of aromatic nitrogens is 1. The topological polar surface area (TPSA) is 82.5 Å². The van der Waals surface area contributed by atoms with Gasteiger partial charge in [-0.2, -0.15) is 0 Å². The quantitative estimate of drug-likeness (QED) is 0.241. The molecule has 1 unspecified atom stereocenters. The van der Waals surface area contributed by atoms with Crippen LogP contribution in [0.15, 0.2) is 90.3 Å². The van der Waals surface area contributed by atoms with Gasteiger partial charge in [-0.1, -0.05) is 86.1 Å². The summed E-state index contributed by atoms with van der Waals surface area (Å²) in [5.41, 5.74) is 4.42. The maximum Gasteiger partial charge on any atom is 0.326 e. The molecule has 1 aromatic heterocycles. The molecule has 0 saturated heterocycles. The zero-order chi connectivity index (χ0) is 26.0. The van der Waals surface area contributed by atoms with Crippen molar-refractivity contribution in [2.75, 3.05) is 11.4 Å². The number of carbonyl (C=O) groups excluding carboxylic acids is 1. The Morgan fingerprint density at radius 3 is 2.27 bits per heavy atom. The number of hydrogen-bond acceptors (Lipinski definition) is 5. The van der Waals surface area contributed by atoms with Gasteiger partial charge in [-0.15, -0.1) is 11.3 Å². The Hall–Kier alpha value is -3.97. The van der Waals surface area contributed by atoms with Gasteiger partial charge in [0.05, 0.1) is 5.69 Å². The number of carboxylic acids is 1. The summed E-state index contributed by atoms with van der Waals surface area (Å²) in [5, 5.41) is 15.3.